The van der Waals surface area contributed by atoms with Crippen LogP contribution in [-0.2, 0) is 0 Å². The summed E-state index contributed by atoms with van der Waals surface area (Å²) in [4.78, 5) is 0. The number of terminal acetylenes is 1. The molecule has 0 saturated heterocycles. The van der Waals surface area contributed by atoms with E-state index in [0.717, 1.165) is 35.1 Å². The summed E-state index contributed by atoms with van der Waals surface area (Å²) in [6, 6.07) is 8.09. The second-order valence-corrected chi connectivity index (χ2v) is 5.03. The summed E-state index contributed by atoms with van der Waals surface area (Å²) < 4.78 is 5.81. The van der Waals surface area contributed by atoms with Crippen molar-refractivity contribution in [2.75, 3.05) is 6.54 Å². The average Bonchev–Trinajstić information content (AvgIpc) is 2.79. The molecule has 0 aliphatic heterocycles. The number of para-hydroxylation sites is 1. The minimum Gasteiger partial charge on any atom is -0.461 e. The third kappa shape index (κ3) is 2.87. The zero-order valence-electron chi connectivity index (χ0n) is 12.1. The van der Waals surface area contributed by atoms with Gasteiger partial charge in [0.2, 0.25) is 0 Å². The number of rotatable bonds is 6. The summed E-state index contributed by atoms with van der Waals surface area (Å²) in [5, 5.41) is 4.58. The Morgan fingerprint density at radius 2 is 2.15 bits per heavy atom. The van der Waals surface area contributed by atoms with E-state index in [2.05, 4.69) is 24.2 Å². The van der Waals surface area contributed by atoms with Gasteiger partial charge in [-0.1, -0.05) is 37.5 Å². The molecule has 0 amide bonds. The molecule has 0 radical (unpaired) electrons. The fraction of sp³-hybridized carbons (Fsp3) is 0.412. The molecule has 3 heteroatoms. The van der Waals surface area contributed by atoms with E-state index in [4.69, 9.17) is 16.6 Å². The standard InChI is InChI=1S/C17H22N2O/c1-4-8-13(5-2)19-15(11-18)17-12(3)20-16-10-7-6-9-14(16)17/h2,6-7,9-10,13,15,19H,4,8,11,18H2,1,3H3. The van der Waals surface area contributed by atoms with Gasteiger partial charge in [-0.2, -0.15) is 0 Å². The van der Waals surface area contributed by atoms with Crippen molar-refractivity contribution >= 4 is 11.0 Å². The van der Waals surface area contributed by atoms with Gasteiger partial charge in [-0.05, 0) is 19.4 Å². The maximum atomic E-state index is 5.95. The van der Waals surface area contributed by atoms with E-state index < -0.39 is 0 Å². The van der Waals surface area contributed by atoms with Gasteiger partial charge in [0.05, 0.1) is 6.04 Å². The molecule has 20 heavy (non-hydrogen) atoms. The number of furan rings is 1. The number of aryl methyl sites for hydroxylation is 1. The van der Waals surface area contributed by atoms with Gasteiger partial charge >= 0.3 is 0 Å². The zero-order chi connectivity index (χ0) is 14.5. The molecule has 1 heterocycles. The molecule has 3 N–H and O–H groups in total. The minimum absolute atomic E-state index is 0.0197. The molecule has 106 valence electrons. The largest absolute Gasteiger partial charge is 0.461 e. The third-order valence-corrected chi connectivity index (χ3v) is 3.58. The summed E-state index contributed by atoms with van der Waals surface area (Å²) in [6.07, 6.45) is 7.58. The lowest BCUT2D eigenvalue weighted by atomic mass is 10.0. The van der Waals surface area contributed by atoms with Crippen LogP contribution in [0.3, 0.4) is 0 Å². The Labute approximate surface area is 120 Å². The maximum absolute atomic E-state index is 5.95. The lowest BCUT2D eigenvalue weighted by molar-refractivity contribution is 0.466. The highest BCUT2D eigenvalue weighted by molar-refractivity contribution is 5.82. The Balaban J connectivity index is 2.34. The first-order valence-electron chi connectivity index (χ1n) is 7.11. The molecule has 0 saturated carbocycles. The summed E-state index contributed by atoms with van der Waals surface area (Å²) in [6.45, 7) is 4.60. The van der Waals surface area contributed by atoms with Gasteiger partial charge in [0.25, 0.3) is 0 Å². The van der Waals surface area contributed by atoms with Crippen molar-refractivity contribution < 1.29 is 4.42 Å². The van der Waals surface area contributed by atoms with Crippen LogP contribution in [0.1, 0.15) is 37.1 Å². The van der Waals surface area contributed by atoms with Crippen LogP contribution in [-0.4, -0.2) is 12.6 Å². The van der Waals surface area contributed by atoms with Crippen molar-refractivity contribution in [2.45, 2.75) is 38.8 Å². The number of fused-ring (bicyclic) bond motifs is 1. The van der Waals surface area contributed by atoms with Crippen LogP contribution in [0.5, 0.6) is 0 Å². The predicted molar refractivity (Wildman–Crippen MR) is 83.4 cm³/mol. The van der Waals surface area contributed by atoms with E-state index in [-0.39, 0.29) is 12.1 Å². The molecular weight excluding hydrogens is 248 g/mol. The molecule has 0 bridgehead atoms. The van der Waals surface area contributed by atoms with Gasteiger partial charge in [0.15, 0.2) is 0 Å². The van der Waals surface area contributed by atoms with E-state index in [0.29, 0.717) is 6.54 Å². The van der Waals surface area contributed by atoms with Gasteiger partial charge in [-0.3, -0.25) is 5.32 Å². The van der Waals surface area contributed by atoms with Crippen molar-refractivity contribution in [1.29, 1.82) is 0 Å². The van der Waals surface area contributed by atoms with Gasteiger partial charge in [0, 0.05) is 23.5 Å². The number of benzene rings is 1. The van der Waals surface area contributed by atoms with Crippen molar-refractivity contribution in [2.24, 2.45) is 5.73 Å². The molecule has 3 nitrogen and oxygen atoms in total. The van der Waals surface area contributed by atoms with E-state index in [1.807, 2.05) is 25.1 Å². The van der Waals surface area contributed by atoms with E-state index >= 15 is 0 Å². The molecule has 0 spiro atoms. The molecular formula is C17H22N2O. The van der Waals surface area contributed by atoms with Crippen LogP contribution in [0, 0.1) is 19.3 Å². The van der Waals surface area contributed by atoms with E-state index in [1.165, 1.54) is 0 Å². The molecule has 0 aliphatic rings. The summed E-state index contributed by atoms with van der Waals surface area (Å²) in [5.41, 5.74) is 7.97. The molecule has 1 aromatic heterocycles. The quantitative estimate of drug-likeness (QED) is 0.793. The molecule has 0 aliphatic carbocycles. The van der Waals surface area contributed by atoms with Crippen LogP contribution in [0.4, 0.5) is 0 Å². The highest BCUT2D eigenvalue weighted by atomic mass is 16.3. The fourth-order valence-corrected chi connectivity index (χ4v) is 2.64. The number of hydrogen-bond acceptors (Lipinski definition) is 3. The molecule has 2 aromatic rings. The Bertz CT molecular complexity index is 609. The molecule has 2 atom stereocenters. The Morgan fingerprint density at radius 1 is 1.40 bits per heavy atom. The van der Waals surface area contributed by atoms with Gasteiger partial charge < -0.3 is 10.2 Å². The second-order valence-electron chi connectivity index (χ2n) is 5.03. The predicted octanol–water partition coefficient (Wildman–Crippen LogP) is 3.13. The Kier molecular flexibility index (Phi) is 4.84. The van der Waals surface area contributed by atoms with E-state index in [9.17, 15) is 0 Å². The minimum atomic E-state index is 0.0197. The van der Waals surface area contributed by atoms with Crippen molar-refractivity contribution in [3.8, 4) is 12.3 Å². The second kappa shape index (κ2) is 6.60. The highest BCUT2D eigenvalue weighted by Gasteiger charge is 2.21. The van der Waals surface area contributed by atoms with Crippen molar-refractivity contribution in [1.82, 2.24) is 5.32 Å². The van der Waals surface area contributed by atoms with Gasteiger partial charge in [-0.25, -0.2) is 0 Å². The fourth-order valence-electron chi connectivity index (χ4n) is 2.64. The first-order chi connectivity index (χ1) is 9.71. The molecule has 2 unspecified atom stereocenters. The van der Waals surface area contributed by atoms with Crippen LogP contribution in [0.15, 0.2) is 28.7 Å². The SMILES string of the molecule is C#CC(CCC)NC(CN)c1c(C)oc2ccccc12. The summed E-state index contributed by atoms with van der Waals surface area (Å²) >= 11 is 0. The first kappa shape index (κ1) is 14.6. The number of hydrogen-bond donors (Lipinski definition) is 2. The number of nitrogens with two attached hydrogens (primary N) is 1. The highest BCUT2D eigenvalue weighted by Crippen LogP contribution is 2.30. The number of nitrogens with one attached hydrogen (secondary N) is 1. The van der Waals surface area contributed by atoms with E-state index in [1.54, 1.807) is 0 Å². The Hall–Kier alpha value is -1.76. The zero-order valence-corrected chi connectivity index (χ0v) is 12.1. The first-order valence-corrected chi connectivity index (χ1v) is 7.11. The lowest BCUT2D eigenvalue weighted by Crippen LogP contribution is -2.36. The lowest BCUT2D eigenvalue weighted by Gasteiger charge is -2.21. The monoisotopic (exact) mass is 270 g/mol. The van der Waals surface area contributed by atoms with Gasteiger partial charge in [-0.15, -0.1) is 6.42 Å². The molecule has 0 fully saturated rings. The summed E-state index contributed by atoms with van der Waals surface area (Å²) in [5.74, 6) is 3.70. The van der Waals surface area contributed by atoms with Crippen LogP contribution >= 0.6 is 0 Å². The normalized spacial score (nSPS) is 14.1. The van der Waals surface area contributed by atoms with Crippen molar-refractivity contribution in [3.63, 3.8) is 0 Å². The molecule has 1 aromatic carbocycles. The van der Waals surface area contributed by atoms with Gasteiger partial charge in [0.1, 0.15) is 11.3 Å². The van der Waals surface area contributed by atoms with Crippen LogP contribution < -0.4 is 11.1 Å². The van der Waals surface area contributed by atoms with Crippen molar-refractivity contribution in [3.05, 3.63) is 35.6 Å². The van der Waals surface area contributed by atoms with Crippen LogP contribution in [0.2, 0.25) is 0 Å². The average molecular weight is 270 g/mol. The van der Waals surface area contributed by atoms with Crippen LogP contribution in [0.25, 0.3) is 11.0 Å². The topological polar surface area (TPSA) is 51.2 Å². The Morgan fingerprint density at radius 3 is 2.80 bits per heavy atom. The summed E-state index contributed by atoms with van der Waals surface area (Å²) in [7, 11) is 0. The third-order valence-electron chi connectivity index (χ3n) is 3.58. The molecule has 2 rings (SSSR count). The smallest absolute Gasteiger partial charge is 0.134 e. The maximum Gasteiger partial charge on any atom is 0.134 e.